The Balaban J connectivity index is 0.000000200. The van der Waals surface area contributed by atoms with Crippen molar-refractivity contribution in [2.45, 2.75) is 0 Å². The van der Waals surface area contributed by atoms with Crippen molar-refractivity contribution in [2.75, 3.05) is 0 Å². The predicted octanol–water partition coefficient (Wildman–Crippen LogP) is 1.02. The Hall–Kier alpha value is -3.16. The molecule has 0 radical (unpaired) electrons. The Labute approximate surface area is 113 Å². The number of imidazole rings is 2. The summed E-state index contributed by atoms with van der Waals surface area (Å²) < 4.78 is 0. The number of carbonyl (C=O) groups is 2. The van der Waals surface area contributed by atoms with Gasteiger partial charge in [-0.3, -0.25) is 0 Å². The lowest BCUT2D eigenvalue weighted by molar-refractivity contribution is -0.132. The van der Waals surface area contributed by atoms with Crippen molar-refractivity contribution in [3.63, 3.8) is 0 Å². The largest absolute Gasteiger partial charge is 0.478 e. The van der Waals surface area contributed by atoms with Gasteiger partial charge in [-0.2, -0.15) is 0 Å². The van der Waals surface area contributed by atoms with E-state index in [0.717, 1.165) is 12.2 Å². The van der Waals surface area contributed by atoms with E-state index >= 15 is 0 Å². The summed E-state index contributed by atoms with van der Waals surface area (Å²) in [4.78, 5) is 32.9. The molecule has 0 atom stereocenters. The van der Waals surface area contributed by atoms with Crippen LogP contribution in [0.4, 0.5) is 0 Å². The number of carboxylic acids is 2. The Bertz CT molecular complexity index is 531. The monoisotopic (exact) mass is 276 g/mol. The van der Waals surface area contributed by atoms with Gasteiger partial charge in [0.1, 0.15) is 0 Å². The van der Waals surface area contributed by atoms with Gasteiger partial charge in [-0.05, 0) is 12.2 Å². The fourth-order valence-electron chi connectivity index (χ4n) is 1.04. The second kappa shape index (κ2) is 8.03. The van der Waals surface area contributed by atoms with Crippen molar-refractivity contribution in [3.05, 3.63) is 48.6 Å². The zero-order valence-corrected chi connectivity index (χ0v) is 10.2. The van der Waals surface area contributed by atoms with Crippen LogP contribution in [-0.2, 0) is 9.59 Å². The van der Waals surface area contributed by atoms with Crippen molar-refractivity contribution in [1.29, 1.82) is 0 Å². The Morgan fingerprint density at radius 3 is 1.55 bits per heavy atom. The number of H-pyrrole nitrogens is 2. The van der Waals surface area contributed by atoms with Crippen LogP contribution in [0, 0.1) is 0 Å². The fraction of sp³-hybridized carbons (Fsp3) is 0. The number of rotatable bonds is 4. The second-order valence-corrected chi connectivity index (χ2v) is 3.33. The van der Waals surface area contributed by atoms with Crippen molar-refractivity contribution in [3.8, 4) is 0 Å². The van der Waals surface area contributed by atoms with E-state index in [1.807, 2.05) is 0 Å². The number of aromatic nitrogens is 4. The highest BCUT2D eigenvalue weighted by Crippen LogP contribution is 1.93. The first-order valence-corrected chi connectivity index (χ1v) is 5.37. The maximum atomic E-state index is 9.97. The van der Waals surface area contributed by atoms with Crippen LogP contribution >= 0.6 is 0 Å². The molecule has 0 bridgehead atoms. The number of hydrogen-bond donors (Lipinski definition) is 4. The molecular formula is C12H12N4O4. The molecule has 2 aromatic heterocycles. The summed E-state index contributed by atoms with van der Waals surface area (Å²) in [6, 6.07) is 0. The number of aromatic amines is 2. The highest BCUT2D eigenvalue weighted by atomic mass is 16.4. The molecule has 0 saturated heterocycles. The van der Waals surface area contributed by atoms with E-state index in [4.69, 9.17) is 10.2 Å². The van der Waals surface area contributed by atoms with E-state index in [9.17, 15) is 9.59 Å². The summed E-state index contributed by atoms with van der Waals surface area (Å²) >= 11 is 0. The fourth-order valence-corrected chi connectivity index (χ4v) is 1.04. The van der Waals surface area contributed by atoms with Crippen molar-refractivity contribution >= 4 is 24.1 Å². The first kappa shape index (κ1) is 14.9. The maximum absolute atomic E-state index is 9.97. The zero-order valence-electron chi connectivity index (χ0n) is 10.2. The molecule has 2 heterocycles. The smallest absolute Gasteiger partial charge is 0.328 e. The third-order valence-corrected chi connectivity index (χ3v) is 1.83. The average Bonchev–Trinajstić information content (AvgIpc) is 3.08. The zero-order chi connectivity index (χ0) is 14.8. The molecule has 0 aliphatic heterocycles. The van der Waals surface area contributed by atoms with Gasteiger partial charge in [0.2, 0.25) is 0 Å². The van der Waals surface area contributed by atoms with Gasteiger partial charge in [-0.1, -0.05) is 0 Å². The van der Waals surface area contributed by atoms with E-state index in [1.54, 1.807) is 12.4 Å². The molecule has 4 N–H and O–H groups in total. The molecule has 8 nitrogen and oxygen atoms in total. The number of hydrogen-bond acceptors (Lipinski definition) is 4. The molecule has 0 unspecified atom stereocenters. The van der Waals surface area contributed by atoms with Gasteiger partial charge in [-0.15, -0.1) is 0 Å². The van der Waals surface area contributed by atoms with E-state index in [1.165, 1.54) is 24.8 Å². The minimum Gasteiger partial charge on any atom is -0.478 e. The molecule has 2 rings (SSSR count). The molecule has 8 heteroatoms. The van der Waals surface area contributed by atoms with Gasteiger partial charge >= 0.3 is 11.9 Å². The molecule has 0 saturated carbocycles. The number of nitrogens with zero attached hydrogens (tertiary/aromatic N) is 2. The maximum Gasteiger partial charge on any atom is 0.328 e. The lowest BCUT2D eigenvalue weighted by Gasteiger charge is -1.77. The number of aliphatic carboxylic acids is 2. The van der Waals surface area contributed by atoms with E-state index in [0.29, 0.717) is 11.4 Å². The first-order valence-electron chi connectivity index (χ1n) is 5.37. The molecule has 0 aliphatic carbocycles. The molecule has 0 spiro atoms. The van der Waals surface area contributed by atoms with Gasteiger partial charge in [0.15, 0.2) is 0 Å². The summed E-state index contributed by atoms with van der Waals surface area (Å²) in [5.41, 5.74) is 1.23. The highest BCUT2D eigenvalue weighted by Gasteiger charge is 1.89. The average molecular weight is 276 g/mol. The van der Waals surface area contributed by atoms with E-state index in [2.05, 4.69) is 19.9 Å². The highest BCUT2D eigenvalue weighted by molar-refractivity contribution is 5.85. The molecule has 0 amide bonds. The molecule has 20 heavy (non-hydrogen) atoms. The van der Waals surface area contributed by atoms with Crippen molar-refractivity contribution in [2.24, 2.45) is 0 Å². The van der Waals surface area contributed by atoms with Crippen LogP contribution in [0.15, 0.2) is 37.2 Å². The van der Waals surface area contributed by atoms with Crippen LogP contribution in [0.3, 0.4) is 0 Å². The van der Waals surface area contributed by atoms with Crippen molar-refractivity contribution < 1.29 is 19.8 Å². The molecule has 104 valence electrons. The summed E-state index contributed by atoms with van der Waals surface area (Å²) in [5, 5.41) is 16.4. The predicted molar refractivity (Wildman–Crippen MR) is 70.5 cm³/mol. The third-order valence-electron chi connectivity index (χ3n) is 1.83. The van der Waals surface area contributed by atoms with Crippen molar-refractivity contribution in [1.82, 2.24) is 19.9 Å². The lowest BCUT2D eigenvalue weighted by Crippen LogP contribution is -1.85. The Morgan fingerprint density at radius 1 is 0.900 bits per heavy atom. The third kappa shape index (κ3) is 6.55. The Morgan fingerprint density at radius 2 is 1.30 bits per heavy atom. The van der Waals surface area contributed by atoms with Crippen LogP contribution in [0.1, 0.15) is 11.4 Å². The quantitative estimate of drug-likeness (QED) is 0.616. The standard InChI is InChI=1S/2C6H6N2O2/c2*9-6(10)2-1-5-3-7-4-8-5/h2*1-4H,(H,7,8)(H,9,10)/b2*2-1+. The summed E-state index contributed by atoms with van der Waals surface area (Å²) in [6.07, 6.45) is 11.1. The van der Waals surface area contributed by atoms with Gasteiger partial charge in [0, 0.05) is 24.5 Å². The summed E-state index contributed by atoms with van der Waals surface area (Å²) in [6.45, 7) is 0. The molecule has 0 fully saturated rings. The topological polar surface area (TPSA) is 132 Å². The van der Waals surface area contributed by atoms with Gasteiger partial charge < -0.3 is 20.2 Å². The summed E-state index contributed by atoms with van der Waals surface area (Å²) in [7, 11) is 0. The minimum absolute atomic E-state index is 0.613. The van der Waals surface area contributed by atoms with Gasteiger partial charge in [-0.25, -0.2) is 19.6 Å². The molecule has 0 aromatic carbocycles. The van der Waals surface area contributed by atoms with Crippen LogP contribution in [0.5, 0.6) is 0 Å². The van der Waals surface area contributed by atoms with Crippen LogP contribution < -0.4 is 0 Å². The SMILES string of the molecule is O=C(O)/C=C/c1c[nH]cn1.O=C(O)/C=C/c1c[nH]cn1. The second-order valence-electron chi connectivity index (χ2n) is 3.33. The van der Waals surface area contributed by atoms with E-state index < -0.39 is 11.9 Å². The number of nitrogens with one attached hydrogen (secondary N) is 2. The number of carboxylic acid groups (broad SMARTS) is 2. The van der Waals surface area contributed by atoms with E-state index in [-0.39, 0.29) is 0 Å². The normalized spacial score (nSPS) is 10.4. The van der Waals surface area contributed by atoms with Crippen LogP contribution in [-0.4, -0.2) is 42.1 Å². The van der Waals surface area contributed by atoms with Crippen LogP contribution in [0.2, 0.25) is 0 Å². The van der Waals surface area contributed by atoms with Gasteiger partial charge in [0.05, 0.1) is 24.0 Å². The summed E-state index contributed by atoms with van der Waals surface area (Å²) in [5.74, 6) is -1.94. The molecule has 2 aromatic rings. The lowest BCUT2D eigenvalue weighted by atomic mass is 10.4. The molecule has 0 aliphatic rings. The van der Waals surface area contributed by atoms with Crippen LogP contribution in [0.25, 0.3) is 12.2 Å². The first-order chi connectivity index (χ1) is 9.58. The molecular weight excluding hydrogens is 264 g/mol. The van der Waals surface area contributed by atoms with Gasteiger partial charge in [0.25, 0.3) is 0 Å². The minimum atomic E-state index is -0.969. The Kier molecular flexibility index (Phi) is 5.98.